The van der Waals surface area contributed by atoms with Gasteiger partial charge in [-0.3, -0.25) is 0 Å². The second-order valence-electron chi connectivity index (χ2n) is 4.52. The van der Waals surface area contributed by atoms with Crippen molar-refractivity contribution in [2.24, 2.45) is 0 Å². The van der Waals surface area contributed by atoms with Crippen LogP contribution in [-0.4, -0.2) is 6.54 Å². The van der Waals surface area contributed by atoms with E-state index in [1.54, 1.807) is 0 Å². The average molecular weight is 269 g/mol. The number of benzene rings is 2. The van der Waals surface area contributed by atoms with E-state index in [1.807, 2.05) is 36.1 Å². The van der Waals surface area contributed by atoms with E-state index in [1.165, 1.54) is 18.2 Å². The summed E-state index contributed by atoms with van der Waals surface area (Å²) >= 11 is 0. The standard InChI is InChI=1S/C16H16FN3/c1-2-20(16-5-3-4-15(19)9-16)11-13-8-14(17)7-6-12(13)10-18/h3-9H,2,11,19H2,1H3. The molecule has 0 heterocycles. The van der Waals surface area contributed by atoms with E-state index >= 15 is 0 Å². The van der Waals surface area contributed by atoms with Gasteiger partial charge in [-0.15, -0.1) is 0 Å². The lowest BCUT2D eigenvalue weighted by atomic mass is 10.1. The molecule has 0 radical (unpaired) electrons. The minimum absolute atomic E-state index is 0.331. The van der Waals surface area contributed by atoms with Crippen molar-refractivity contribution in [2.45, 2.75) is 13.5 Å². The molecule has 4 heteroatoms. The predicted molar refractivity (Wildman–Crippen MR) is 78.7 cm³/mol. The van der Waals surface area contributed by atoms with Crippen LogP contribution >= 0.6 is 0 Å². The van der Waals surface area contributed by atoms with E-state index in [4.69, 9.17) is 11.0 Å². The van der Waals surface area contributed by atoms with Crippen molar-refractivity contribution in [3.05, 3.63) is 59.4 Å². The smallest absolute Gasteiger partial charge is 0.123 e. The minimum atomic E-state index is -0.331. The number of nitrogens with zero attached hydrogens (tertiary/aromatic N) is 2. The number of nitriles is 1. The molecule has 2 rings (SSSR count). The molecule has 20 heavy (non-hydrogen) atoms. The molecule has 0 atom stereocenters. The van der Waals surface area contributed by atoms with Crippen LogP contribution in [0.4, 0.5) is 15.8 Å². The first-order valence-corrected chi connectivity index (χ1v) is 6.43. The zero-order valence-electron chi connectivity index (χ0n) is 11.3. The van der Waals surface area contributed by atoms with Crippen LogP contribution in [0.15, 0.2) is 42.5 Å². The van der Waals surface area contributed by atoms with Gasteiger partial charge in [0.15, 0.2) is 0 Å². The summed E-state index contributed by atoms with van der Waals surface area (Å²) in [7, 11) is 0. The number of hydrogen-bond acceptors (Lipinski definition) is 3. The van der Waals surface area contributed by atoms with Gasteiger partial charge in [-0.25, -0.2) is 4.39 Å². The molecule has 102 valence electrons. The lowest BCUT2D eigenvalue weighted by molar-refractivity contribution is 0.624. The molecule has 3 nitrogen and oxygen atoms in total. The van der Waals surface area contributed by atoms with Gasteiger partial charge in [0.1, 0.15) is 5.82 Å². The molecule has 0 unspecified atom stereocenters. The van der Waals surface area contributed by atoms with Crippen molar-refractivity contribution < 1.29 is 4.39 Å². The summed E-state index contributed by atoms with van der Waals surface area (Å²) in [5, 5.41) is 9.10. The van der Waals surface area contributed by atoms with Crippen molar-refractivity contribution in [3.63, 3.8) is 0 Å². The number of anilines is 2. The monoisotopic (exact) mass is 269 g/mol. The SMILES string of the molecule is CCN(Cc1cc(F)ccc1C#N)c1cccc(N)c1. The van der Waals surface area contributed by atoms with E-state index in [0.29, 0.717) is 23.4 Å². The number of nitrogens with two attached hydrogens (primary N) is 1. The van der Waals surface area contributed by atoms with Crippen LogP contribution in [0.3, 0.4) is 0 Å². The van der Waals surface area contributed by atoms with Gasteiger partial charge in [-0.1, -0.05) is 6.07 Å². The fraction of sp³-hybridized carbons (Fsp3) is 0.188. The molecule has 2 aromatic carbocycles. The Hall–Kier alpha value is -2.54. The van der Waals surface area contributed by atoms with E-state index in [2.05, 4.69) is 6.07 Å². The zero-order chi connectivity index (χ0) is 14.5. The molecule has 2 aromatic rings. The van der Waals surface area contributed by atoms with Crippen LogP contribution in [-0.2, 0) is 6.54 Å². The fourth-order valence-electron chi connectivity index (χ4n) is 2.11. The molecule has 0 fully saturated rings. The summed E-state index contributed by atoms with van der Waals surface area (Å²) < 4.78 is 13.4. The van der Waals surface area contributed by atoms with Crippen LogP contribution in [0.5, 0.6) is 0 Å². The van der Waals surface area contributed by atoms with Gasteiger partial charge in [0, 0.05) is 24.5 Å². The van der Waals surface area contributed by atoms with E-state index in [-0.39, 0.29) is 5.82 Å². The van der Waals surface area contributed by atoms with Crippen LogP contribution in [0.1, 0.15) is 18.1 Å². The minimum Gasteiger partial charge on any atom is -0.399 e. The first-order valence-electron chi connectivity index (χ1n) is 6.43. The highest BCUT2D eigenvalue weighted by Crippen LogP contribution is 2.21. The second kappa shape index (κ2) is 6.07. The van der Waals surface area contributed by atoms with E-state index in [0.717, 1.165) is 12.2 Å². The molecular weight excluding hydrogens is 253 g/mol. The Balaban J connectivity index is 2.31. The topological polar surface area (TPSA) is 53.0 Å². The third-order valence-electron chi connectivity index (χ3n) is 3.17. The van der Waals surface area contributed by atoms with Gasteiger partial charge >= 0.3 is 0 Å². The Kier molecular flexibility index (Phi) is 4.21. The Bertz CT molecular complexity index is 646. The molecule has 0 aliphatic rings. The predicted octanol–water partition coefficient (Wildman–Crippen LogP) is 3.31. The maximum absolute atomic E-state index is 13.4. The first kappa shape index (κ1) is 13.9. The zero-order valence-corrected chi connectivity index (χ0v) is 11.3. The molecule has 2 N–H and O–H groups in total. The van der Waals surface area contributed by atoms with Crippen molar-refractivity contribution in [3.8, 4) is 6.07 Å². The highest BCUT2D eigenvalue weighted by molar-refractivity contribution is 5.56. The van der Waals surface area contributed by atoms with Gasteiger partial charge in [-0.2, -0.15) is 5.26 Å². The number of rotatable bonds is 4. The third kappa shape index (κ3) is 3.07. The van der Waals surface area contributed by atoms with Crippen LogP contribution in [0.2, 0.25) is 0 Å². The average Bonchev–Trinajstić information content (AvgIpc) is 2.45. The van der Waals surface area contributed by atoms with Crippen molar-refractivity contribution in [1.82, 2.24) is 0 Å². The van der Waals surface area contributed by atoms with Crippen molar-refractivity contribution in [1.29, 1.82) is 5.26 Å². The van der Waals surface area contributed by atoms with Gasteiger partial charge in [0.25, 0.3) is 0 Å². The Morgan fingerprint density at radius 1 is 1.25 bits per heavy atom. The lowest BCUT2D eigenvalue weighted by Crippen LogP contribution is -2.22. The lowest BCUT2D eigenvalue weighted by Gasteiger charge is -2.24. The summed E-state index contributed by atoms with van der Waals surface area (Å²) in [5.41, 5.74) is 8.60. The third-order valence-corrected chi connectivity index (χ3v) is 3.17. The summed E-state index contributed by atoms with van der Waals surface area (Å²) in [6.07, 6.45) is 0. The Morgan fingerprint density at radius 2 is 2.05 bits per heavy atom. The molecular formula is C16H16FN3. The van der Waals surface area contributed by atoms with Crippen LogP contribution < -0.4 is 10.6 Å². The van der Waals surface area contributed by atoms with Crippen molar-refractivity contribution >= 4 is 11.4 Å². The van der Waals surface area contributed by atoms with Gasteiger partial charge < -0.3 is 10.6 Å². The van der Waals surface area contributed by atoms with E-state index in [9.17, 15) is 4.39 Å². The van der Waals surface area contributed by atoms with Crippen molar-refractivity contribution in [2.75, 3.05) is 17.2 Å². The van der Waals surface area contributed by atoms with E-state index < -0.39 is 0 Å². The Morgan fingerprint density at radius 3 is 2.70 bits per heavy atom. The van der Waals surface area contributed by atoms with Crippen LogP contribution in [0.25, 0.3) is 0 Å². The molecule has 0 aliphatic carbocycles. The molecule has 0 saturated heterocycles. The largest absolute Gasteiger partial charge is 0.399 e. The molecule has 0 spiro atoms. The molecule has 0 amide bonds. The highest BCUT2D eigenvalue weighted by Gasteiger charge is 2.10. The molecule has 0 aliphatic heterocycles. The number of halogens is 1. The second-order valence-corrected chi connectivity index (χ2v) is 4.52. The highest BCUT2D eigenvalue weighted by atomic mass is 19.1. The Labute approximate surface area is 118 Å². The summed E-state index contributed by atoms with van der Waals surface area (Å²) in [5.74, 6) is -0.331. The van der Waals surface area contributed by atoms with Crippen LogP contribution in [0, 0.1) is 17.1 Å². The van der Waals surface area contributed by atoms with Gasteiger partial charge in [0.05, 0.1) is 11.6 Å². The molecule has 0 saturated carbocycles. The molecule has 0 bridgehead atoms. The first-order chi connectivity index (χ1) is 9.63. The number of nitrogen functional groups attached to an aromatic ring is 1. The fourth-order valence-corrected chi connectivity index (χ4v) is 2.11. The van der Waals surface area contributed by atoms with Gasteiger partial charge in [-0.05, 0) is 48.9 Å². The summed E-state index contributed by atoms with van der Waals surface area (Å²) in [6.45, 7) is 3.22. The normalized spacial score (nSPS) is 10.1. The summed E-state index contributed by atoms with van der Waals surface area (Å²) in [6, 6.07) is 13.8. The van der Waals surface area contributed by atoms with Gasteiger partial charge in [0.2, 0.25) is 0 Å². The molecule has 0 aromatic heterocycles. The maximum atomic E-state index is 13.4. The maximum Gasteiger partial charge on any atom is 0.123 e. The summed E-state index contributed by atoms with van der Waals surface area (Å²) in [4.78, 5) is 2.05. The quantitative estimate of drug-likeness (QED) is 0.866. The number of hydrogen-bond donors (Lipinski definition) is 1.